The van der Waals surface area contributed by atoms with E-state index < -0.39 is 23.9 Å². The number of carbonyl (C=O) groups excluding carboxylic acids is 3. The molecule has 0 radical (unpaired) electrons. The molecule has 0 bridgehead atoms. The van der Waals surface area contributed by atoms with Crippen LogP contribution in [0.3, 0.4) is 0 Å². The van der Waals surface area contributed by atoms with E-state index in [0.29, 0.717) is 11.5 Å². The van der Waals surface area contributed by atoms with Gasteiger partial charge in [0.25, 0.3) is 5.91 Å². The van der Waals surface area contributed by atoms with E-state index in [2.05, 4.69) is 10.7 Å². The van der Waals surface area contributed by atoms with Crippen molar-refractivity contribution >= 4 is 17.8 Å². The highest BCUT2D eigenvalue weighted by atomic mass is 16.6. The van der Waals surface area contributed by atoms with Crippen molar-refractivity contribution in [2.24, 2.45) is 0 Å². The van der Waals surface area contributed by atoms with E-state index in [1.165, 1.54) is 0 Å². The first-order valence-electron chi connectivity index (χ1n) is 5.94. The summed E-state index contributed by atoms with van der Waals surface area (Å²) in [7, 11) is 0. The number of hydrazine groups is 1. The second-order valence-electron chi connectivity index (χ2n) is 4.28. The first kappa shape index (κ1) is 12.3. The lowest BCUT2D eigenvalue weighted by Gasteiger charge is -2.26. The summed E-state index contributed by atoms with van der Waals surface area (Å²) in [4.78, 5) is 34.3. The fraction of sp³-hybridized carbons (Fsp3) is 0.250. The van der Waals surface area contributed by atoms with Gasteiger partial charge in [-0.15, -0.1) is 0 Å². The van der Waals surface area contributed by atoms with Crippen molar-refractivity contribution in [3.8, 4) is 11.5 Å². The van der Waals surface area contributed by atoms with Crippen LogP contribution >= 0.6 is 0 Å². The van der Waals surface area contributed by atoms with Crippen molar-refractivity contribution in [3.63, 3.8) is 0 Å². The summed E-state index contributed by atoms with van der Waals surface area (Å²) in [6, 6.07) is 6.30. The lowest BCUT2D eigenvalue weighted by atomic mass is 10.2. The number of nitrogens with zero attached hydrogens (tertiary/aromatic N) is 1. The van der Waals surface area contributed by atoms with Gasteiger partial charge in [0.2, 0.25) is 12.0 Å². The summed E-state index contributed by atoms with van der Waals surface area (Å²) < 4.78 is 10.9. The Morgan fingerprint density at radius 2 is 2.05 bits per heavy atom. The largest absolute Gasteiger partial charge is 0.485 e. The van der Waals surface area contributed by atoms with Crippen LogP contribution in [0, 0.1) is 0 Å². The fourth-order valence-corrected chi connectivity index (χ4v) is 1.89. The number of imide groups is 1. The van der Waals surface area contributed by atoms with Crippen LogP contribution in [0.15, 0.2) is 24.3 Å². The van der Waals surface area contributed by atoms with Crippen molar-refractivity contribution in [2.45, 2.75) is 6.10 Å². The van der Waals surface area contributed by atoms with E-state index in [0.717, 1.165) is 5.01 Å². The van der Waals surface area contributed by atoms with Gasteiger partial charge in [0.05, 0.1) is 0 Å². The van der Waals surface area contributed by atoms with Crippen LogP contribution in [0.1, 0.15) is 0 Å². The molecule has 1 unspecified atom stereocenters. The Kier molecular flexibility index (Phi) is 2.90. The molecule has 2 aliphatic heterocycles. The summed E-state index contributed by atoms with van der Waals surface area (Å²) in [5.41, 5.74) is 2.32. The minimum absolute atomic E-state index is 0.0340. The third-order valence-corrected chi connectivity index (χ3v) is 2.84. The van der Waals surface area contributed by atoms with Gasteiger partial charge in [0.1, 0.15) is 13.2 Å². The van der Waals surface area contributed by atoms with Crippen molar-refractivity contribution in [3.05, 3.63) is 24.3 Å². The quantitative estimate of drug-likeness (QED) is 0.704. The maximum Gasteiger partial charge on any atom is 0.343 e. The number of hydrogen-bond donors (Lipinski definition) is 2. The van der Waals surface area contributed by atoms with Gasteiger partial charge >= 0.3 is 6.03 Å². The predicted molar refractivity (Wildman–Crippen MR) is 64.7 cm³/mol. The Morgan fingerprint density at radius 3 is 2.75 bits per heavy atom. The number of fused-ring (bicyclic) bond motifs is 1. The summed E-state index contributed by atoms with van der Waals surface area (Å²) in [5, 5.41) is 2.95. The molecule has 1 fully saturated rings. The highest BCUT2D eigenvalue weighted by Crippen LogP contribution is 2.30. The second kappa shape index (κ2) is 4.72. The molecule has 104 valence electrons. The third kappa shape index (κ3) is 2.22. The molecule has 0 saturated carbocycles. The molecule has 1 saturated heterocycles. The van der Waals surface area contributed by atoms with E-state index in [9.17, 15) is 14.4 Å². The van der Waals surface area contributed by atoms with Crippen molar-refractivity contribution in [1.82, 2.24) is 15.8 Å². The molecule has 0 aliphatic carbocycles. The zero-order valence-corrected chi connectivity index (χ0v) is 10.3. The Labute approximate surface area is 113 Å². The van der Waals surface area contributed by atoms with Gasteiger partial charge in [-0.25, -0.2) is 9.80 Å². The number of para-hydroxylation sites is 2. The highest BCUT2D eigenvalue weighted by molar-refractivity contribution is 6.02. The Bertz CT molecular complexity index is 588. The van der Waals surface area contributed by atoms with Crippen LogP contribution in [0.4, 0.5) is 4.79 Å². The minimum atomic E-state index is -0.881. The molecule has 3 rings (SSSR count). The van der Waals surface area contributed by atoms with E-state index in [4.69, 9.17) is 9.47 Å². The normalized spacial score (nSPS) is 20.6. The standard InChI is InChI=1S/C12H11N3O5/c16-10-5-15(12(18)13-10)14-11(17)9-6-19-7-3-1-2-4-8(7)20-9/h1-4,9H,5-6H2,(H,14,17)(H,13,16,18). The molecule has 1 aromatic rings. The molecule has 1 aromatic carbocycles. The van der Waals surface area contributed by atoms with Gasteiger partial charge < -0.3 is 9.47 Å². The lowest BCUT2D eigenvalue weighted by molar-refractivity contribution is -0.134. The zero-order chi connectivity index (χ0) is 14.1. The summed E-state index contributed by atoms with van der Waals surface area (Å²) in [6.45, 7) is -0.180. The van der Waals surface area contributed by atoms with Gasteiger partial charge in [0.15, 0.2) is 11.5 Å². The van der Waals surface area contributed by atoms with Crippen LogP contribution in [0.2, 0.25) is 0 Å². The molecule has 8 heteroatoms. The monoisotopic (exact) mass is 277 g/mol. The topological polar surface area (TPSA) is 97.0 Å². The molecule has 8 nitrogen and oxygen atoms in total. The minimum Gasteiger partial charge on any atom is -0.485 e. The lowest BCUT2D eigenvalue weighted by Crippen LogP contribution is -2.52. The maximum absolute atomic E-state index is 12.0. The van der Waals surface area contributed by atoms with Crippen LogP contribution in [-0.2, 0) is 9.59 Å². The number of rotatable bonds is 2. The molecule has 2 heterocycles. The maximum atomic E-state index is 12.0. The highest BCUT2D eigenvalue weighted by Gasteiger charge is 2.33. The molecule has 2 aliphatic rings. The Morgan fingerprint density at radius 1 is 1.30 bits per heavy atom. The average Bonchev–Trinajstić information content (AvgIpc) is 2.76. The average molecular weight is 277 g/mol. The molecule has 4 amide bonds. The Balaban J connectivity index is 1.65. The summed E-state index contributed by atoms with van der Waals surface area (Å²) in [6.07, 6.45) is -0.881. The number of ether oxygens (including phenoxy) is 2. The van der Waals surface area contributed by atoms with Crippen LogP contribution < -0.4 is 20.2 Å². The van der Waals surface area contributed by atoms with Gasteiger partial charge in [-0.2, -0.15) is 0 Å². The van der Waals surface area contributed by atoms with Gasteiger partial charge in [0, 0.05) is 0 Å². The number of urea groups is 1. The van der Waals surface area contributed by atoms with Crippen LogP contribution in [-0.4, -0.2) is 42.1 Å². The Hall–Kier alpha value is -2.77. The fourth-order valence-electron chi connectivity index (χ4n) is 1.89. The zero-order valence-electron chi connectivity index (χ0n) is 10.3. The molecular formula is C12H11N3O5. The molecular weight excluding hydrogens is 266 g/mol. The van der Waals surface area contributed by atoms with Crippen molar-refractivity contribution in [2.75, 3.05) is 13.2 Å². The van der Waals surface area contributed by atoms with E-state index in [1.54, 1.807) is 24.3 Å². The predicted octanol–water partition coefficient (Wildman–Crippen LogP) is -0.591. The molecule has 2 N–H and O–H groups in total. The molecule has 1 atom stereocenters. The van der Waals surface area contributed by atoms with Gasteiger partial charge in [-0.3, -0.25) is 20.3 Å². The van der Waals surface area contributed by atoms with Crippen LogP contribution in [0.25, 0.3) is 0 Å². The number of hydrogen-bond acceptors (Lipinski definition) is 5. The number of benzene rings is 1. The number of nitrogens with one attached hydrogen (secondary N) is 2. The van der Waals surface area contributed by atoms with Gasteiger partial charge in [-0.05, 0) is 12.1 Å². The first-order chi connectivity index (χ1) is 9.63. The second-order valence-corrected chi connectivity index (χ2v) is 4.28. The first-order valence-corrected chi connectivity index (χ1v) is 5.94. The summed E-state index contributed by atoms with van der Waals surface area (Å²) in [5.74, 6) is -0.00250. The van der Waals surface area contributed by atoms with Crippen LogP contribution in [0.5, 0.6) is 11.5 Å². The van der Waals surface area contributed by atoms with Crippen molar-refractivity contribution < 1.29 is 23.9 Å². The SMILES string of the molecule is O=C1CN(NC(=O)C2COc3ccccc3O2)C(=O)N1. The van der Waals surface area contributed by atoms with E-state index in [-0.39, 0.29) is 13.2 Å². The molecule has 0 spiro atoms. The van der Waals surface area contributed by atoms with E-state index in [1.807, 2.05) is 0 Å². The molecule has 0 aromatic heterocycles. The van der Waals surface area contributed by atoms with Gasteiger partial charge in [-0.1, -0.05) is 12.1 Å². The van der Waals surface area contributed by atoms with Crippen molar-refractivity contribution in [1.29, 1.82) is 0 Å². The third-order valence-electron chi connectivity index (χ3n) is 2.84. The summed E-state index contributed by atoms with van der Waals surface area (Å²) >= 11 is 0. The number of amides is 4. The van der Waals surface area contributed by atoms with E-state index >= 15 is 0 Å². The smallest absolute Gasteiger partial charge is 0.343 e. The molecule has 20 heavy (non-hydrogen) atoms. The number of carbonyl (C=O) groups is 3.